The highest BCUT2D eigenvalue weighted by Gasteiger charge is 2.34. The minimum absolute atomic E-state index is 0.0235. The minimum atomic E-state index is -0.826. The number of nitrogens with two attached hydrogens (primary N) is 1. The van der Waals surface area contributed by atoms with Crippen molar-refractivity contribution in [3.63, 3.8) is 0 Å². The number of nitrogens with zero attached hydrogens (tertiary/aromatic N) is 2. The number of primary amides is 1. The van der Waals surface area contributed by atoms with Gasteiger partial charge in [-0.15, -0.1) is 0 Å². The lowest BCUT2D eigenvalue weighted by molar-refractivity contribution is -0.135. The third-order valence-corrected chi connectivity index (χ3v) is 3.88. The van der Waals surface area contributed by atoms with Gasteiger partial charge in [0.2, 0.25) is 11.8 Å². The number of likely N-dealkylation sites (N-methyl/N-ethyl adjacent to an activating group) is 1. The molecule has 3 N–H and O–H groups in total. The van der Waals surface area contributed by atoms with Gasteiger partial charge in [0.05, 0.1) is 6.10 Å². The van der Waals surface area contributed by atoms with Crippen LogP contribution in [0.3, 0.4) is 0 Å². The predicted molar refractivity (Wildman–Crippen MR) is 76.9 cm³/mol. The predicted octanol–water partition coefficient (Wildman–Crippen LogP) is -0.200. The molecule has 0 aliphatic carbocycles. The molecule has 0 radical (unpaired) electrons. The fraction of sp³-hybridized carbons (Fsp3) is 0.857. The Hall–Kier alpha value is -1.14. The quantitative estimate of drug-likeness (QED) is 0.707. The van der Waals surface area contributed by atoms with E-state index in [1.54, 1.807) is 18.9 Å². The second kappa shape index (κ2) is 7.04. The summed E-state index contributed by atoms with van der Waals surface area (Å²) in [5.41, 5.74) is 5.33. The lowest BCUT2D eigenvalue weighted by Gasteiger charge is -2.33. The number of carbonyl (C=O) groups is 2. The zero-order chi connectivity index (χ0) is 15.4. The Morgan fingerprint density at radius 1 is 1.40 bits per heavy atom. The van der Waals surface area contributed by atoms with Crippen molar-refractivity contribution in [2.45, 2.75) is 51.8 Å². The van der Waals surface area contributed by atoms with E-state index in [0.717, 1.165) is 19.4 Å². The van der Waals surface area contributed by atoms with Crippen molar-refractivity contribution in [3.8, 4) is 0 Å². The number of aliphatic hydroxyl groups excluding tert-OH is 1. The summed E-state index contributed by atoms with van der Waals surface area (Å²) in [6.45, 7) is 6.66. The zero-order valence-corrected chi connectivity index (χ0v) is 12.9. The summed E-state index contributed by atoms with van der Waals surface area (Å²) in [4.78, 5) is 27.2. The molecule has 6 heteroatoms. The molecule has 1 aliphatic heterocycles. The Labute approximate surface area is 120 Å². The lowest BCUT2D eigenvalue weighted by atomic mass is 10.1. The van der Waals surface area contributed by atoms with Crippen LogP contribution in [0.15, 0.2) is 0 Å². The smallest absolute Gasteiger partial charge is 0.237 e. The second-order valence-corrected chi connectivity index (χ2v) is 6.01. The number of aliphatic hydroxyl groups is 1. The van der Waals surface area contributed by atoms with Crippen molar-refractivity contribution in [2.75, 3.05) is 20.1 Å². The summed E-state index contributed by atoms with van der Waals surface area (Å²) in [5.74, 6) is -0.416. The standard InChI is InChI=1S/C14H27N3O3/c1-9(2)14(20)17-7-5-6-11(17)8-16(4)12(10(3)18)13(15)19/h9-12,18H,5-8H2,1-4H3,(H2,15,19)/t10-,11?,12+/m1/s1. The first-order chi connectivity index (χ1) is 9.25. The van der Waals surface area contributed by atoms with E-state index in [9.17, 15) is 14.7 Å². The van der Waals surface area contributed by atoms with Crippen LogP contribution in [-0.4, -0.2) is 65.0 Å². The van der Waals surface area contributed by atoms with E-state index < -0.39 is 18.1 Å². The maximum Gasteiger partial charge on any atom is 0.237 e. The van der Waals surface area contributed by atoms with Crippen LogP contribution in [0.5, 0.6) is 0 Å². The van der Waals surface area contributed by atoms with Crippen LogP contribution in [0.2, 0.25) is 0 Å². The molecule has 1 saturated heterocycles. The highest BCUT2D eigenvalue weighted by molar-refractivity contribution is 5.80. The molecule has 116 valence electrons. The molecule has 2 amide bonds. The van der Waals surface area contributed by atoms with Gasteiger partial charge in [0.25, 0.3) is 0 Å². The fourth-order valence-corrected chi connectivity index (χ4v) is 2.92. The van der Waals surface area contributed by atoms with E-state index in [2.05, 4.69) is 0 Å². The molecule has 0 bridgehead atoms. The SMILES string of the molecule is CC(C)C(=O)N1CCCC1CN(C)[C@H](C(N)=O)[C@@H](C)O. The molecule has 1 rings (SSSR count). The Kier molecular flexibility index (Phi) is 5.95. The van der Waals surface area contributed by atoms with E-state index in [0.29, 0.717) is 6.54 Å². The second-order valence-electron chi connectivity index (χ2n) is 6.01. The lowest BCUT2D eigenvalue weighted by Crippen LogP contribution is -2.53. The Balaban J connectivity index is 2.71. The van der Waals surface area contributed by atoms with Gasteiger partial charge in [-0.25, -0.2) is 0 Å². The van der Waals surface area contributed by atoms with Crippen molar-refractivity contribution in [1.29, 1.82) is 0 Å². The zero-order valence-electron chi connectivity index (χ0n) is 12.9. The average molecular weight is 285 g/mol. The number of amides is 2. The van der Waals surface area contributed by atoms with Crippen LogP contribution < -0.4 is 5.73 Å². The molecule has 1 unspecified atom stereocenters. The molecular formula is C14H27N3O3. The largest absolute Gasteiger partial charge is 0.391 e. The van der Waals surface area contributed by atoms with Crippen LogP contribution >= 0.6 is 0 Å². The molecule has 0 aromatic carbocycles. The van der Waals surface area contributed by atoms with E-state index in [1.807, 2.05) is 18.7 Å². The first kappa shape index (κ1) is 16.9. The van der Waals surface area contributed by atoms with Gasteiger partial charge in [-0.3, -0.25) is 14.5 Å². The van der Waals surface area contributed by atoms with E-state index in [-0.39, 0.29) is 17.9 Å². The van der Waals surface area contributed by atoms with Crippen LogP contribution in [0.1, 0.15) is 33.6 Å². The normalized spacial score (nSPS) is 22.4. The Morgan fingerprint density at radius 2 is 2.00 bits per heavy atom. The minimum Gasteiger partial charge on any atom is -0.391 e. The van der Waals surface area contributed by atoms with Gasteiger partial charge in [0, 0.05) is 25.0 Å². The third-order valence-electron chi connectivity index (χ3n) is 3.88. The highest BCUT2D eigenvalue weighted by Crippen LogP contribution is 2.21. The molecule has 1 heterocycles. The van der Waals surface area contributed by atoms with Gasteiger partial charge in [-0.2, -0.15) is 0 Å². The number of rotatable bonds is 6. The molecule has 6 nitrogen and oxygen atoms in total. The molecule has 0 saturated carbocycles. The number of hydrogen-bond acceptors (Lipinski definition) is 4. The van der Waals surface area contributed by atoms with Crippen molar-refractivity contribution in [1.82, 2.24) is 9.80 Å². The van der Waals surface area contributed by atoms with E-state index in [4.69, 9.17) is 5.73 Å². The summed E-state index contributed by atoms with van der Waals surface area (Å²) < 4.78 is 0. The van der Waals surface area contributed by atoms with Crippen molar-refractivity contribution in [3.05, 3.63) is 0 Å². The maximum absolute atomic E-state index is 12.1. The molecule has 0 spiro atoms. The van der Waals surface area contributed by atoms with Crippen molar-refractivity contribution < 1.29 is 14.7 Å². The van der Waals surface area contributed by atoms with E-state index in [1.165, 1.54) is 0 Å². The first-order valence-electron chi connectivity index (χ1n) is 7.23. The molecule has 1 fully saturated rings. The van der Waals surface area contributed by atoms with Crippen LogP contribution in [0, 0.1) is 5.92 Å². The molecule has 3 atom stereocenters. The summed E-state index contributed by atoms with van der Waals surface area (Å²) in [5, 5.41) is 9.67. The van der Waals surface area contributed by atoms with Gasteiger partial charge < -0.3 is 15.7 Å². The molecule has 0 aromatic heterocycles. The Morgan fingerprint density at radius 3 is 2.45 bits per heavy atom. The van der Waals surface area contributed by atoms with Crippen molar-refractivity contribution in [2.24, 2.45) is 11.7 Å². The van der Waals surface area contributed by atoms with Gasteiger partial charge in [-0.1, -0.05) is 13.8 Å². The van der Waals surface area contributed by atoms with Crippen LogP contribution in [0.4, 0.5) is 0 Å². The van der Waals surface area contributed by atoms with Crippen LogP contribution in [0.25, 0.3) is 0 Å². The number of likely N-dealkylation sites (tertiary alicyclic amines) is 1. The van der Waals surface area contributed by atoms with E-state index >= 15 is 0 Å². The highest BCUT2D eigenvalue weighted by atomic mass is 16.3. The topological polar surface area (TPSA) is 86.9 Å². The number of carbonyl (C=O) groups excluding carboxylic acids is 2. The molecule has 20 heavy (non-hydrogen) atoms. The summed E-state index contributed by atoms with van der Waals surface area (Å²) in [6, 6.07) is -0.623. The summed E-state index contributed by atoms with van der Waals surface area (Å²) in [7, 11) is 1.76. The molecule has 0 aromatic rings. The Bertz CT molecular complexity index is 358. The molecular weight excluding hydrogens is 258 g/mol. The first-order valence-corrected chi connectivity index (χ1v) is 7.23. The fourth-order valence-electron chi connectivity index (χ4n) is 2.92. The maximum atomic E-state index is 12.1. The van der Waals surface area contributed by atoms with Crippen LogP contribution in [-0.2, 0) is 9.59 Å². The number of hydrogen-bond donors (Lipinski definition) is 2. The summed E-state index contributed by atoms with van der Waals surface area (Å²) in [6.07, 6.45) is 1.08. The molecule has 1 aliphatic rings. The third kappa shape index (κ3) is 3.93. The monoisotopic (exact) mass is 285 g/mol. The van der Waals surface area contributed by atoms with Gasteiger partial charge in [0.15, 0.2) is 0 Å². The van der Waals surface area contributed by atoms with Gasteiger partial charge in [-0.05, 0) is 26.8 Å². The van der Waals surface area contributed by atoms with Gasteiger partial charge in [0.1, 0.15) is 6.04 Å². The van der Waals surface area contributed by atoms with Crippen molar-refractivity contribution >= 4 is 11.8 Å². The summed E-state index contributed by atoms with van der Waals surface area (Å²) >= 11 is 0. The average Bonchev–Trinajstić information content (AvgIpc) is 2.74. The van der Waals surface area contributed by atoms with Gasteiger partial charge >= 0.3 is 0 Å².